The number of ether oxygens (including phenoxy) is 2. The lowest BCUT2D eigenvalue weighted by Crippen LogP contribution is -2.29. The number of carbonyl (C=O) groups is 1. The van der Waals surface area contributed by atoms with Gasteiger partial charge in [-0.05, 0) is 48.9 Å². The largest absolute Gasteiger partial charge is 0.472 e. The number of carbonyl (C=O) groups excluding carboxylic acids is 1. The number of rotatable bonds is 7. The fourth-order valence-electron chi connectivity index (χ4n) is 4.37. The number of fused-ring (bicyclic) bond motifs is 2. The molecule has 1 amide bonds. The van der Waals surface area contributed by atoms with E-state index in [4.69, 9.17) is 9.47 Å². The molecule has 5 aromatic rings. The second-order valence-corrected chi connectivity index (χ2v) is 8.89. The SMILES string of the molecule is C=CC(=O)N1CC[C@H](Oc2ccc3ncnc(Nc4ccc(Oc5ccn6ncnc6c5)c(C)c4)c3n2)C1. The molecule has 4 aromatic heterocycles. The molecule has 5 heterocycles. The van der Waals surface area contributed by atoms with Gasteiger partial charge in [-0.1, -0.05) is 6.58 Å². The van der Waals surface area contributed by atoms with Gasteiger partial charge in [0.2, 0.25) is 11.8 Å². The number of pyridine rings is 2. The first-order valence-electron chi connectivity index (χ1n) is 12.1. The van der Waals surface area contributed by atoms with Crippen LogP contribution in [0.25, 0.3) is 16.7 Å². The predicted molar refractivity (Wildman–Crippen MR) is 141 cm³/mol. The second kappa shape index (κ2) is 9.77. The summed E-state index contributed by atoms with van der Waals surface area (Å²) in [6, 6.07) is 13.1. The average Bonchev–Trinajstić information content (AvgIpc) is 3.59. The molecule has 0 bridgehead atoms. The number of aromatic nitrogens is 6. The van der Waals surface area contributed by atoms with Crippen LogP contribution in [0.15, 0.2) is 74.0 Å². The summed E-state index contributed by atoms with van der Waals surface area (Å²) in [7, 11) is 0. The number of hydrogen-bond acceptors (Lipinski definition) is 9. The Labute approximate surface area is 217 Å². The molecular weight excluding hydrogens is 484 g/mol. The minimum Gasteiger partial charge on any atom is -0.472 e. The summed E-state index contributed by atoms with van der Waals surface area (Å²) in [5.41, 5.74) is 3.74. The van der Waals surface area contributed by atoms with Crippen molar-refractivity contribution >= 4 is 34.1 Å². The van der Waals surface area contributed by atoms with Gasteiger partial charge in [-0.3, -0.25) is 4.79 Å². The molecule has 1 aliphatic heterocycles. The van der Waals surface area contributed by atoms with E-state index in [0.717, 1.165) is 23.4 Å². The number of amides is 1. The smallest absolute Gasteiger partial charge is 0.246 e. The lowest BCUT2D eigenvalue weighted by atomic mass is 10.2. The van der Waals surface area contributed by atoms with Gasteiger partial charge in [-0.15, -0.1) is 0 Å². The molecule has 190 valence electrons. The maximum atomic E-state index is 11.9. The van der Waals surface area contributed by atoms with E-state index in [0.29, 0.717) is 47.2 Å². The Morgan fingerprint density at radius 1 is 1.13 bits per heavy atom. The van der Waals surface area contributed by atoms with Crippen LogP contribution in [-0.2, 0) is 4.79 Å². The Kier molecular flexibility index (Phi) is 6.00. The van der Waals surface area contributed by atoms with Crippen LogP contribution in [0.2, 0.25) is 0 Å². The highest BCUT2D eigenvalue weighted by molar-refractivity contribution is 5.88. The Bertz CT molecular complexity index is 1670. The third kappa shape index (κ3) is 4.69. The van der Waals surface area contributed by atoms with Crippen LogP contribution in [0.5, 0.6) is 17.4 Å². The topological polar surface area (TPSA) is 120 Å². The second-order valence-electron chi connectivity index (χ2n) is 8.89. The maximum Gasteiger partial charge on any atom is 0.246 e. The maximum absolute atomic E-state index is 11.9. The van der Waals surface area contributed by atoms with Crippen molar-refractivity contribution in [1.82, 2.24) is 34.4 Å². The Hall–Kier alpha value is -5.06. The number of benzene rings is 1. The predicted octanol–water partition coefficient (Wildman–Crippen LogP) is 4.08. The van der Waals surface area contributed by atoms with Crippen LogP contribution < -0.4 is 14.8 Å². The monoisotopic (exact) mass is 508 g/mol. The van der Waals surface area contributed by atoms with E-state index in [1.807, 2.05) is 43.3 Å². The van der Waals surface area contributed by atoms with Crippen molar-refractivity contribution in [1.29, 1.82) is 0 Å². The highest BCUT2D eigenvalue weighted by atomic mass is 16.5. The van der Waals surface area contributed by atoms with Gasteiger partial charge in [-0.25, -0.2) is 24.5 Å². The van der Waals surface area contributed by atoms with Crippen LogP contribution in [-0.4, -0.2) is 59.6 Å². The summed E-state index contributed by atoms with van der Waals surface area (Å²) in [5.74, 6) is 2.32. The van der Waals surface area contributed by atoms with Crippen molar-refractivity contribution in [2.45, 2.75) is 19.4 Å². The minimum atomic E-state index is -0.134. The highest BCUT2D eigenvalue weighted by Gasteiger charge is 2.26. The lowest BCUT2D eigenvalue weighted by Gasteiger charge is -2.16. The van der Waals surface area contributed by atoms with Crippen molar-refractivity contribution in [2.24, 2.45) is 0 Å². The normalized spacial score (nSPS) is 15.1. The van der Waals surface area contributed by atoms with Gasteiger partial charge in [0.1, 0.15) is 35.8 Å². The van der Waals surface area contributed by atoms with Crippen molar-refractivity contribution in [3.63, 3.8) is 0 Å². The molecule has 0 saturated carbocycles. The molecule has 0 spiro atoms. The van der Waals surface area contributed by atoms with Crippen molar-refractivity contribution < 1.29 is 14.3 Å². The molecule has 0 aliphatic carbocycles. The van der Waals surface area contributed by atoms with Gasteiger partial charge < -0.3 is 19.7 Å². The van der Waals surface area contributed by atoms with E-state index in [1.165, 1.54) is 18.7 Å². The van der Waals surface area contributed by atoms with E-state index in [-0.39, 0.29) is 12.0 Å². The molecule has 1 aromatic carbocycles. The molecular formula is C27H24N8O3. The molecule has 6 rings (SSSR count). The quantitative estimate of drug-likeness (QED) is 0.324. The van der Waals surface area contributed by atoms with E-state index in [1.54, 1.807) is 21.7 Å². The highest BCUT2D eigenvalue weighted by Crippen LogP contribution is 2.30. The molecule has 1 fully saturated rings. The number of anilines is 2. The summed E-state index contributed by atoms with van der Waals surface area (Å²) >= 11 is 0. The zero-order valence-electron chi connectivity index (χ0n) is 20.6. The molecule has 0 radical (unpaired) electrons. The summed E-state index contributed by atoms with van der Waals surface area (Å²) < 4.78 is 13.8. The fraction of sp³-hybridized carbons (Fsp3) is 0.185. The lowest BCUT2D eigenvalue weighted by molar-refractivity contribution is -0.125. The van der Waals surface area contributed by atoms with Gasteiger partial charge in [0.05, 0.1) is 12.1 Å². The molecule has 1 saturated heterocycles. The summed E-state index contributed by atoms with van der Waals surface area (Å²) in [6.45, 7) is 6.66. The average molecular weight is 509 g/mol. The van der Waals surface area contributed by atoms with Gasteiger partial charge in [0.15, 0.2) is 11.5 Å². The third-order valence-electron chi connectivity index (χ3n) is 6.29. The van der Waals surface area contributed by atoms with Gasteiger partial charge in [0.25, 0.3) is 0 Å². The molecule has 1 aliphatic rings. The molecule has 1 atom stereocenters. The minimum absolute atomic E-state index is 0.0921. The third-order valence-corrected chi connectivity index (χ3v) is 6.29. The van der Waals surface area contributed by atoms with Crippen molar-refractivity contribution in [3.8, 4) is 17.4 Å². The summed E-state index contributed by atoms with van der Waals surface area (Å²) in [5, 5.41) is 7.44. The van der Waals surface area contributed by atoms with E-state index < -0.39 is 0 Å². The number of nitrogens with zero attached hydrogens (tertiary/aromatic N) is 7. The number of aryl methyl sites for hydroxylation is 1. The molecule has 38 heavy (non-hydrogen) atoms. The van der Waals surface area contributed by atoms with Crippen molar-refractivity contribution in [3.05, 3.63) is 79.5 Å². The number of hydrogen-bond donors (Lipinski definition) is 1. The molecule has 1 N–H and O–H groups in total. The van der Waals surface area contributed by atoms with Crippen LogP contribution in [0.1, 0.15) is 12.0 Å². The van der Waals surface area contributed by atoms with Gasteiger partial charge in [-0.2, -0.15) is 5.10 Å². The van der Waals surface area contributed by atoms with Crippen LogP contribution >= 0.6 is 0 Å². The first kappa shape index (κ1) is 23.3. The molecule has 11 nitrogen and oxygen atoms in total. The van der Waals surface area contributed by atoms with E-state index in [2.05, 4.69) is 36.9 Å². The first-order chi connectivity index (χ1) is 18.6. The van der Waals surface area contributed by atoms with Crippen LogP contribution in [0.4, 0.5) is 11.5 Å². The van der Waals surface area contributed by atoms with E-state index in [9.17, 15) is 4.79 Å². The Morgan fingerprint density at radius 3 is 2.92 bits per heavy atom. The standard InChI is InChI=1S/C27H24N8O3/c1-3-25(36)34-10-8-20(14-34)38-24-7-5-21-26(33-24)27(30-15-28-21)32-18-4-6-22(17(2)12-18)37-19-9-11-35-23(13-19)29-16-31-35/h3-7,9,11-13,15-16,20H,1,8,10,14H2,2H3,(H,28,30,32)/t20-/m0/s1. The molecule has 11 heteroatoms. The zero-order chi connectivity index (χ0) is 26.1. The number of likely N-dealkylation sites (tertiary alicyclic amines) is 1. The Balaban J connectivity index is 1.19. The van der Waals surface area contributed by atoms with Gasteiger partial charge in [0, 0.05) is 37.0 Å². The van der Waals surface area contributed by atoms with Crippen molar-refractivity contribution in [2.75, 3.05) is 18.4 Å². The van der Waals surface area contributed by atoms with Gasteiger partial charge >= 0.3 is 0 Å². The van der Waals surface area contributed by atoms with Crippen LogP contribution in [0.3, 0.4) is 0 Å². The summed E-state index contributed by atoms with van der Waals surface area (Å²) in [6.07, 6.45) is 6.72. The Morgan fingerprint density at radius 2 is 2.05 bits per heavy atom. The van der Waals surface area contributed by atoms with Crippen LogP contribution in [0, 0.1) is 6.92 Å². The fourth-order valence-corrected chi connectivity index (χ4v) is 4.37. The first-order valence-corrected chi connectivity index (χ1v) is 12.1. The summed E-state index contributed by atoms with van der Waals surface area (Å²) in [4.78, 5) is 31.2. The molecule has 0 unspecified atom stereocenters. The number of nitrogens with one attached hydrogen (secondary N) is 1. The van der Waals surface area contributed by atoms with E-state index >= 15 is 0 Å². The zero-order valence-corrected chi connectivity index (χ0v) is 20.6.